The third-order valence-electron chi connectivity index (χ3n) is 3.72. The zero-order valence-corrected chi connectivity index (χ0v) is 14.9. The lowest BCUT2D eigenvalue weighted by Gasteiger charge is -2.08. The molecule has 138 valence electrons. The largest absolute Gasteiger partial charge is 0.496 e. The van der Waals surface area contributed by atoms with Crippen LogP contribution in [-0.4, -0.2) is 38.6 Å². The first-order valence-corrected chi connectivity index (χ1v) is 8.18. The van der Waals surface area contributed by atoms with Gasteiger partial charge in [0.2, 0.25) is 11.6 Å². The van der Waals surface area contributed by atoms with Gasteiger partial charge >= 0.3 is 6.09 Å². The number of hydrogen-bond acceptors (Lipinski definition) is 8. The van der Waals surface area contributed by atoms with Crippen LogP contribution in [0.4, 0.5) is 4.79 Å². The lowest BCUT2D eigenvalue weighted by Crippen LogP contribution is -2.24. The number of benzene rings is 1. The lowest BCUT2D eigenvalue weighted by molar-refractivity contribution is 0.135. The molecule has 2 heterocycles. The van der Waals surface area contributed by atoms with Gasteiger partial charge in [0, 0.05) is 18.3 Å². The van der Waals surface area contributed by atoms with Gasteiger partial charge in [-0.2, -0.15) is 0 Å². The van der Waals surface area contributed by atoms with Crippen LogP contribution >= 0.6 is 0 Å². The Morgan fingerprint density at radius 2 is 1.81 bits per heavy atom. The highest BCUT2D eigenvalue weighted by atomic mass is 16.5. The Hall–Kier alpha value is -3.62. The smallest absolute Gasteiger partial charge is 0.407 e. The van der Waals surface area contributed by atoms with E-state index in [1.54, 1.807) is 19.4 Å². The summed E-state index contributed by atoms with van der Waals surface area (Å²) in [7, 11) is 1.58. The maximum absolute atomic E-state index is 11.7. The van der Waals surface area contributed by atoms with Crippen molar-refractivity contribution < 1.29 is 14.3 Å². The standard InChI is InChI=1S/C18H18N6O3/c1-12-14(26-2)8-9-19-16(12)17-23-21-15(22-24-17)11-27-18(25)20-10-13-6-4-3-5-7-13/h3-9H,10-11H2,1-2H3,(H,20,25). The van der Waals surface area contributed by atoms with Crippen molar-refractivity contribution in [3.05, 3.63) is 59.5 Å². The fourth-order valence-electron chi connectivity index (χ4n) is 2.32. The Morgan fingerprint density at radius 1 is 1.07 bits per heavy atom. The number of amides is 1. The number of aromatic nitrogens is 5. The van der Waals surface area contributed by atoms with E-state index >= 15 is 0 Å². The van der Waals surface area contributed by atoms with Gasteiger partial charge in [0.15, 0.2) is 6.61 Å². The van der Waals surface area contributed by atoms with Crippen molar-refractivity contribution in [1.29, 1.82) is 0 Å². The number of hydrogen-bond donors (Lipinski definition) is 1. The molecule has 0 spiro atoms. The molecule has 1 aromatic carbocycles. The van der Waals surface area contributed by atoms with Crippen molar-refractivity contribution in [2.24, 2.45) is 0 Å². The molecule has 0 bridgehead atoms. The van der Waals surface area contributed by atoms with Crippen molar-refractivity contribution in [1.82, 2.24) is 30.7 Å². The molecule has 0 unspecified atom stereocenters. The molecule has 2 aromatic heterocycles. The molecule has 0 saturated carbocycles. The summed E-state index contributed by atoms with van der Waals surface area (Å²) in [6.45, 7) is 2.08. The molecule has 0 aliphatic rings. The fourth-order valence-corrected chi connectivity index (χ4v) is 2.32. The maximum Gasteiger partial charge on any atom is 0.407 e. The van der Waals surface area contributed by atoms with E-state index in [9.17, 15) is 4.79 Å². The summed E-state index contributed by atoms with van der Waals surface area (Å²) in [6, 6.07) is 11.3. The summed E-state index contributed by atoms with van der Waals surface area (Å²) in [6.07, 6.45) is 1.02. The SMILES string of the molecule is COc1ccnc(-c2nnc(COC(=O)NCc3ccccc3)nn2)c1C. The highest BCUT2D eigenvalue weighted by Crippen LogP contribution is 2.24. The van der Waals surface area contributed by atoms with Gasteiger partial charge in [-0.05, 0) is 18.6 Å². The third kappa shape index (κ3) is 4.72. The second kappa shape index (κ2) is 8.65. The second-order valence-electron chi connectivity index (χ2n) is 5.54. The van der Waals surface area contributed by atoms with E-state index in [1.165, 1.54) is 0 Å². The number of carbonyl (C=O) groups excluding carboxylic acids is 1. The number of pyridine rings is 1. The molecule has 9 nitrogen and oxygen atoms in total. The third-order valence-corrected chi connectivity index (χ3v) is 3.72. The van der Waals surface area contributed by atoms with Gasteiger partial charge in [-0.25, -0.2) is 4.79 Å². The number of rotatable bonds is 6. The summed E-state index contributed by atoms with van der Waals surface area (Å²) in [5.74, 6) is 1.13. The quantitative estimate of drug-likeness (QED) is 0.705. The zero-order valence-electron chi connectivity index (χ0n) is 14.9. The Balaban J connectivity index is 1.56. The molecule has 3 rings (SSSR count). The summed E-state index contributed by atoms with van der Waals surface area (Å²) < 4.78 is 10.3. The van der Waals surface area contributed by atoms with Crippen molar-refractivity contribution in [3.8, 4) is 17.3 Å². The van der Waals surface area contributed by atoms with Gasteiger partial charge in [-0.3, -0.25) is 4.98 Å². The van der Waals surface area contributed by atoms with E-state index in [1.807, 2.05) is 37.3 Å². The van der Waals surface area contributed by atoms with Crippen molar-refractivity contribution in [3.63, 3.8) is 0 Å². The Kier molecular flexibility index (Phi) is 5.83. The number of ether oxygens (including phenoxy) is 2. The first kappa shape index (κ1) is 18.2. The van der Waals surface area contributed by atoms with Crippen LogP contribution in [0.1, 0.15) is 17.0 Å². The van der Waals surface area contributed by atoms with Crippen LogP contribution in [0.25, 0.3) is 11.5 Å². The van der Waals surface area contributed by atoms with Crippen LogP contribution in [-0.2, 0) is 17.9 Å². The van der Waals surface area contributed by atoms with Crippen molar-refractivity contribution in [2.75, 3.05) is 7.11 Å². The summed E-state index contributed by atoms with van der Waals surface area (Å²) in [5.41, 5.74) is 2.29. The number of methoxy groups -OCH3 is 1. The van der Waals surface area contributed by atoms with Crippen LogP contribution in [0, 0.1) is 6.92 Å². The zero-order chi connectivity index (χ0) is 19.1. The number of carbonyl (C=O) groups is 1. The number of alkyl carbamates (subject to hydrolysis) is 1. The molecule has 3 aromatic rings. The average Bonchev–Trinajstić information content (AvgIpc) is 2.72. The molecular weight excluding hydrogens is 348 g/mol. The predicted octanol–water partition coefficient (Wildman–Crippen LogP) is 2.07. The van der Waals surface area contributed by atoms with Gasteiger partial charge in [-0.1, -0.05) is 30.3 Å². The molecule has 0 radical (unpaired) electrons. The van der Waals surface area contributed by atoms with E-state index in [2.05, 4.69) is 30.7 Å². The van der Waals surface area contributed by atoms with Gasteiger partial charge in [-0.15, -0.1) is 20.4 Å². The van der Waals surface area contributed by atoms with Crippen molar-refractivity contribution in [2.45, 2.75) is 20.1 Å². The minimum atomic E-state index is -0.572. The van der Waals surface area contributed by atoms with E-state index in [0.29, 0.717) is 18.0 Å². The van der Waals surface area contributed by atoms with Crippen LogP contribution in [0.2, 0.25) is 0 Å². The van der Waals surface area contributed by atoms with Gasteiger partial charge in [0.1, 0.15) is 11.4 Å². The Morgan fingerprint density at radius 3 is 2.52 bits per heavy atom. The first-order valence-electron chi connectivity index (χ1n) is 8.18. The maximum atomic E-state index is 11.7. The molecule has 0 atom stereocenters. The summed E-state index contributed by atoms with van der Waals surface area (Å²) in [5, 5.41) is 18.5. The topological polar surface area (TPSA) is 112 Å². The van der Waals surface area contributed by atoms with Crippen LogP contribution in [0.15, 0.2) is 42.6 Å². The normalized spacial score (nSPS) is 10.3. The van der Waals surface area contributed by atoms with Crippen LogP contribution in [0.5, 0.6) is 5.75 Å². The van der Waals surface area contributed by atoms with E-state index in [0.717, 1.165) is 11.1 Å². The average molecular weight is 366 g/mol. The molecule has 27 heavy (non-hydrogen) atoms. The Labute approximate surface area is 155 Å². The second-order valence-corrected chi connectivity index (χ2v) is 5.54. The minimum absolute atomic E-state index is 0.134. The van der Waals surface area contributed by atoms with E-state index < -0.39 is 6.09 Å². The highest BCUT2D eigenvalue weighted by Gasteiger charge is 2.13. The van der Waals surface area contributed by atoms with Gasteiger partial charge < -0.3 is 14.8 Å². The number of nitrogens with one attached hydrogen (secondary N) is 1. The first-order chi connectivity index (χ1) is 13.2. The highest BCUT2D eigenvalue weighted by molar-refractivity contribution is 5.67. The van der Waals surface area contributed by atoms with E-state index in [-0.39, 0.29) is 18.3 Å². The minimum Gasteiger partial charge on any atom is -0.496 e. The van der Waals surface area contributed by atoms with Gasteiger partial charge in [0.25, 0.3) is 0 Å². The monoisotopic (exact) mass is 366 g/mol. The van der Waals surface area contributed by atoms with Crippen LogP contribution < -0.4 is 10.1 Å². The van der Waals surface area contributed by atoms with Gasteiger partial charge in [0.05, 0.1) is 7.11 Å². The number of nitrogens with zero attached hydrogens (tertiary/aromatic N) is 5. The van der Waals surface area contributed by atoms with E-state index in [4.69, 9.17) is 9.47 Å². The fraction of sp³-hybridized carbons (Fsp3) is 0.222. The molecule has 0 aliphatic carbocycles. The molecule has 0 saturated heterocycles. The molecule has 9 heteroatoms. The molecule has 1 N–H and O–H groups in total. The summed E-state index contributed by atoms with van der Waals surface area (Å²) >= 11 is 0. The predicted molar refractivity (Wildman–Crippen MR) is 95.6 cm³/mol. The Bertz CT molecular complexity index is 903. The van der Waals surface area contributed by atoms with Crippen molar-refractivity contribution >= 4 is 6.09 Å². The summed E-state index contributed by atoms with van der Waals surface area (Å²) in [4.78, 5) is 16.0. The lowest BCUT2D eigenvalue weighted by atomic mass is 10.2. The van der Waals surface area contributed by atoms with Crippen LogP contribution in [0.3, 0.4) is 0 Å². The molecule has 1 amide bonds. The molecule has 0 aliphatic heterocycles. The molecule has 0 fully saturated rings. The molecular formula is C18H18N6O3.